The van der Waals surface area contributed by atoms with E-state index in [1.807, 2.05) is 60.7 Å². The summed E-state index contributed by atoms with van der Waals surface area (Å²) in [4.78, 5) is 52.4. The normalized spacial score (nSPS) is 22.2. The van der Waals surface area contributed by atoms with Gasteiger partial charge in [0.2, 0.25) is 0 Å². The van der Waals surface area contributed by atoms with Gasteiger partial charge in [-0.05, 0) is 61.4 Å². The number of halogens is 4. The Bertz CT molecular complexity index is 1900. The topological polar surface area (TPSA) is 145 Å². The Balaban J connectivity index is 0.000000214. The monoisotopic (exact) mass is 812 g/mol. The zero-order valence-corrected chi connectivity index (χ0v) is 32.1. The van der Waals surface area contributed by atoms with E-state index in [-0.39, 0.29) is 60.6 Å². The van der Waals surface area contributed by atoms with Crippen molar-refractivity contribution in [1.29, 1.82) is 0 Å². The number of esters is 2. The molecule has 16 heteroatoms. The molecule has 4 aromatic carbocycles. The van der Waals surface area contributed by atoms with E-state index in [9.17, 15) is 38.6 Å². The maximum atomic E-state index is 13.9. The van der Waals surface area contributed by atoms with Crippen LogP contribution >= 0.6 is 23.2 Å². The Morgan fingerprint density at radius 3 is 1.36 bits per heavy atom. The summed E-state index contributed by atoms with van der Waals surface area (Å²) in [6.07, 6.45) is 0. The van der Waals surface area contributed by atoms with Gasteiger partial charge in [0.05, 0.1) is 47.5 Å². The molecule has 296 valence electrons. The van der Waals surface area contributed by atoms with E-state index in [2.05, 4.69) is 0 Å². The van der Waals surface area contributed by atoms with E-state index in [1.54, 1.807) is 23.6 Å². The third-order valence-electron chi connectivity index (χ3n) is 10.0. The molecule has 0 saturated carbocycles. The summed E-state index contributed by atoms with van der Waals surface area (Å²) >= 11 is 12.4. The van der Waals surface area contributed by atoms with Crippen molar-refractivity contribution in [3.05, 3.63) is 161 Å². The van der Waals surface area contributed by atoms with Gasteiger partial charge in [-0.15, -0.1) is 0 Å². The van der Waals surface area contributed by atoms with E-state index in [0.717, 1.165) is 35.4 Å². The molecule has 12 nitrogen and oxygen atoms in total. The first-order valence-electron chi connectivity index (χ1n) is 17.8. The molecule has 0 N–H and O–H groups in total. The molecule has 2 saturated heterocycles. The SMILES string of the molecule is CCOC(=O)[C@@H]1CN(Cc2ccccc2)C[C@]1(c1cc(F)ccc1Cl)[N+](=O)[O-].CCOC(=O)[C@H]1CN(Cc2ccccc2)C[C@]1(c1cc(F)ccc1Cl)[N+](=O)[O-]. The summed E-state index contributed by atoms with van der Waals surface area (Å²) in [6, 6.07) is 25.8. The van der Waals surface area contributed by atoms with Gasteiger partial charge in [0.1, 0.15) is 23.5 Å². The van der Waals surface area contributed by atoms with Crippen LogP contribution in [0.3, 0.4) is 0 Å². The molecule has 0 radical (unpaired) electrons. The quantitative estimate of drug-likeness (QED) is 0.0812. The van der Waals surface area contributed by atoms with Crippen molar-refractivity contribution in [2.75, 3.05) is 39.4 Å². The Labute approximate surface area is 332 Å². The fourth-order valence-corrected chi connectivity index (χ4v) is 8.13. The molecule has 4 atom stereocenters. The molecule has 0 spiro atoms. The van der Waals surface area contributed by atoms with E-state index in [1.165, 1.54) is 12.1 Å². The van der Waals surface area contributed by atoms with Crippen molar-refractivity contribution in [3.8, 4) is 0 Å². The van der Waals surface area contributed by atoms with Crippen LogP contribution in [0.25, 0.3) is 0 Å². The number of ether oxygens (including phenoxy) is 2. The summed E-state index contributed by atoms with van der Waals surface area (Å²) in [6.45, 7) is 4.36. The van der Waals surface area contributed by atoms with Gasteiger partial charge < -0.3 is 9.47 Å². The van der Waals surface area contributed by atoms with E-state index < -0.39 is 56.3 Å². The predicted octanol–water partition coefficient (Wildman–Crippen LogP) is 7.29. The van der Waals surface area contributed by atoms with Gasteiger partial charge in [0, 0.05) is 36.0 Å². The molecule has 0 aromatic heterocycles. The number of hydrogen-bond acceptors (Lipinski definition) is 10. The van der Waals surface area contributed by atoms with Crippen LogP contribution in [0.4, 0.5) is 8.78 Å². The van der Waals surface area contributed by atoms with Crippen LogP contribution in [0.15, 0.2) is 97.1 Å². The minimum atomic E-state index is -1.89. The van der Waals surface area contributed by atoms with Crippen LogP contribution in [-0.2, 0) is 43.2 Å². The second-order valence-corrected chi connectivity index (χ2v) is 14.3. The lowest BCUT2D eigenvalue weighted by atomic mass is 9.81. The van der Waals surface area contributed by atoms with Crippen molar-refractivity contribution in [2.45, 2.75) is 38.0 Å². The van der Waals surface area contributed by atoms with Gasteiger partial charge in [0.15, 0.2) is 0 Å². The minimum absolute atomic E-state index is 0.00668. The van der Waals surface area contributed by atoms with Crippen LogP contribution < -0.4 is 0 Å². The van der Waals surface area contributed by atoms with E-state index in [0.29, 0.717) is 13.1 Å². The molecule has 56 heavy (non-hydrogen) atoms. The summed E-state index contributed by atoms with van der Waals surface area (Å²) < 4.78 is 38.1. The zero-order valence-electron chi connectivity index (χ0n) is 30.6. The van der Waals surface area contributed by atoms with Gasteiger partial charge in [-0.2, -0.15) is 0 Å². The first-order valence-corrected chi connectivity index (χ1v) is 18.6. The molecule has 0 bridgehead atoms. The molecule has 0 amide bonds. The third kappa shape index (κ3) is 8.83. The highest BCUT2D eigenvalue weighted by molar-refractivity contribution is 6.31. The van der Waals surface area contributed by atoms with Crippen molar-refractivity contribution in [1.82, 2.24) is 9.80 Å². The van der Waals surface area contributed by atoms with Gasteiger partial charge in [-0.1, -0.05) is 83.9 Å². The van der Waals surface area contributed by atoms with Gasteiger partial charge in [-0.3, -0.25) is 39.6 Å². The van der Waals surface area contributed by atoms with Crippen molar-refractivity contribution in [2.24, 2.45) is 11.8 Å². The number of nitrogens with zero attached hydrogens (tertiary/aromatic N) is 4. The fourth-order valence-electron chi connectivity index (χ4n) is 7.57. The summed E-state index contributed by atoms with van der Waals surface area (Å²) in [5.41, 5.74) is -1.88. The number of hydrogen-bond donors (Lipinski definition) is 0. The lowest BCUT2D eigenvalue weighted by Gasteiger charge is -2.26. The van der Waals surface area contributed by atoms with Gasteiger partial charge >= 0.3 is 11.9 Å². The Morgan fingerprint density at radius 2 is 1.04 bits per heavy atom. The van der Waals surface area contributed by atoms with E-state index >= 15 is 0 Å². The first-order chi connectivity index (χ1) is 26.8. The Kier molecular flexibility index (Phi) is 13.8. The second kappa shape index (κ2) is 18.3. The molecule has 4 aromatic rings. The molecule has 2 aliphatic heterocycles. The number of likely N-dealkylation sites (tertiary alicyclic amines) is 2. The number of carbonyl (C=O) groups is 2. The van der Waals surface area contributed by atoms with Crippen LogP contribution in [-0.4, -0.2) is 71.0 Å². The molecular formula is C40H40Cl2F2N4O8. The van der Waals surface area contributed by atoms with Crippen molar-refractivity contribution in [3.63, 3.8) is 0 Å². The first kappa shape index (κ1) is 42.1. The molecule has 0 unspecified atom stereocenters. The zero-order chi connectivity index (χ0) is 40.6. The highest BCUT2D eigenvalue weighted by Gasteiger charge is 2.64. The molecule has 2 aliphatic rings. The third-order valence-corrected chi connectivity index (χ3v) is 10.7. The van der Waals surface area contributed by atoms with Crippen LogP contribution in [0.5, 0.6) is 0 Å². The lowest BCUT2D eigenvalue weighted by Crippen LogP contribution is -2.47. The molecule has 6 rings (SSSR count). The number of benzene rings is 4. The number of rotatable bonds is 12. The molecular weight excluding hydrogens is 773 g/mol. The molecule has 0 aliphatic carbocycles. The molecule has 2 heterocycles. The average molecular weight is 814 g/mol. The van der Waals surface area contributed by atoms with Gasteiger partial charge in [-0.25, -0.2) is 8.78 Å². The largest absolute Gasteiger partial charge is 0.466 e. The minimum Gasteiger partial charge on any atom is -0.466 e. The highest BCUT2D eigenvalue weighted by Crippen LogP contribution is 2.45. The van der Waals surface area contributed by atoms with Crippen LogP contribution in [0.2, 0.25) is 10.0 Å². The average Bonchev–Trinajstić information content (AvgIpc) is 3.75. The fraction of sp³-hybridized carbons (Fsp3) is 0.350. The number of nitro groups is 2. The second-order valence-electron chi connectivity index (χ2n) is 13.5. The predicted molar refractivity (Wildman–Crippen MR) is 204 cm³/mol. The Morgan fingerprint density at radius 1 is 0.679 bits per heavy atom. The summed E-state index contributed by atoms with van der Waals surface area (Å²) in [7, 11) is 0. The van der Waals surface area contributed by atoms with Crippen molar-refractivity contribution >= 4 is 35.1 Å². The van der Waals surface area contributed by atoms with Crippen LogP contribution in [0.1, 0.15) is 36.1 Å². The van der Waals surface area contributed by atoms with E-state index in [4.69, 9.17) is 32.7 Å². The van der Waals surface area contributed by atoms with Crippen molar-refractivity contribution < 1.29 is 37.7 Å². The summed E-state index contributed by atoms with van der Waals surface area (Å²) in [5.74, 6) is -4.88. The number of carbonyl (C=O) groups excluding carboxylic acids is 2. The maximum Gasteiger partial charge on any atom is 0.318 e. The standard InChI is InChI=1S/2C20H20ClFN2O4/c2*1-2-28-19(25)17-12-23(11-14-6-4-3-5-7-14)13-20(17,24(26)27)16-10-15(22)8-9-18(16)21/h2*3-10,17H,2,11-13H2,1H3/t17-,20+;17-,20-/m01/s1. The lowest BCUT2D eigenvalue weighted by molar-refractivity contribution is -0.581. The van der Waals surface area contributed by atoms with Crippen LogP contribution in [0, 0.1) is 43.7 Å². The Hall–Kier alpha value is -5.02. The maximum absolute atomic E-state index is 13.9. The van der Waals surface area contributed by atoms with Gasteiger partial charge in [0.25, 0.3) is 11.1 Å². The highest BCUT2D eigenvalue weighted by atomic mass is 35.5. The smallest absolute Gasteiger partial charge is 0.318 e. The summed E-state index contributed by atoms with van der Waals surface area (Å²) in [5, 5.41) is 24.7. The molecule has 2 fully saturated rings.